The summed E-state index contributed by atoms with van der Waals surface area (Å²) in [6.07, 6.45) is 8.24. The molecule has 0 bridgehead atoms. The number of hydrogen-bond acceptors (Lipinski definition) is 4. The normalized spacial score (nSPS) is 14.4. The van der Waals surface area contributed by atoms with Crippen molar-refractivity contribution in [3.63, 3.8) is 0 Å². The fraction of sp³-hybridized carbons (Fsp3) is 0.375. The highest BCUT2D eigenvalue weighted by atomic mass is 16.4. The van der Waals surface area contributed by atoms with Gasteiger partial charge in [-0.1, -0.05) is 30.3 Å². The van der Waals surface area contributed by atoms with Gasteiger partial charge in [0.1, 0.15) is 11.3 Å². The van der Waals surface area contributed by atoms with Crippen molar-refractivity contribution in [2.75, 3.05) is 6.54 Å². The number of aromatic nitrogens is 2. The van der Waals surface area contributed by atoms with Gasteiger partial charge in [-0.05, 0) is 55.9 Å². The molecule has 1 N–H and O–H groups in total. The van der Waals surface area contributed by atoms with Crippen molar-refractivity contribution in [2.45, 2.75) is 45.6 Å². The largest absolute Gasteiger partial charge is 0.427 e. The molecule has 3 aromatic rings. The Balaban J connectivity index is 1.34. The Morgan fingerprint density at radius 1 is 1.20 bits per heavy atom. The highest BCUT2D eigenvalue weighted by Crippen LogP contribution is 2.46. The van der Waals surface area contributed by atoms with Gasteiger partial charge in [0.25, 0.3) is 5.91 Å². The molecular weight excluding hydrogens is 378 g/mol. The van der Waals surface area contributed by atoms with E-state index in [4.69, 9.17) is 4.42 Å². The second-order valence-electron chi connectivity index (χ2n) is 8.28. The van der Waals surface area contributed by atoms with Crippen molar-refractivity contribution < 1.29 is 9.21 Å². The summed E-state index contributed by atoms with van der Waals surface area (Å²) in [6.45, 7) is 3.10. The molecule has 1 aromatic carbocycles. The Kier molecular flexibility index (Phi) is 5.84. The Morgan fingerprint density at radius 2 is 2.00 bits per heavy atom. The lowest BCUT2D eigenvalue weighted by Crippen LogP contribution is -2.35. The minimum absolute atomic E-state index is 0.0349. The molecule has 0 saturated heterocycles. The number of aryl methyl sites for hydroxylation is 3. The molecule has 2 aromatic heterocycles. The monoisotopic (exact) mass is 405 g/mol. The Bertz CT molecular complexity index is 1050. The van der Waals surface area contributed by atoms with Crippen molar-refractivity contribution in [1.29, 1.82) is 0 Å². The first-order valence-electron chi connectivity index (χ1n) is 10.5. The van der Waals surface area contributed by atoms with Crippen LogP contribution in [0.5, 0.6) is 0 Å². The Labute approximate surface area is 175 Å². The van der Waals surface area contributed by atoms with Crippen LogP contribution >= 0.6 is 0 Å². The number of rotatable bonds is 9. The predicted octanol–water partition coefficient (Wildman–Crippen LogP) is 3.53. The van der Waals surface area contributed by atoms with E-state index in [2.05, 4.69) is 22.5 Å². The van der Waals surface area contributed by atoms with E-state index in [0.29, 0.717) is 24.3 Å². The third-order valence-corrected chi connectivity index (χ3v) is 5.80. The standard InChI is InChI=1S/C24H27N3O3/c1-18-15-20(10-5-9-19-7-3-2-4-8-19)30-23(29)21(18)22(28)25-16-24(11-12-24)17-27-14-6-13-26-27/h2-4,6-8,13-15H,5,9-12,16-17H2,1H3,(H,25,28). The van der Waals surface area contributed by atoms with Crippen molar-refractivity contribution in [1.82, 2.24) is 15.1 Å². The highest BCUT2D eigenvalue weighted by molar-refractivity contribution is 5.95. The van der Waals surface area contributed by atoms with Gasteiger partial charge in [0.15, 0.2) is 0 Å². The maximum atomic E-state index is 12.7. The summed E-state index contributed by atoms with van der Waals surface area (Å²) in [5, 5.41) is 7.19. The van der Waals surface area contributed by atoms with Crippen LogP contribution in [0.2, 0.25) is 0 Å². The maximum Gasteiger partial charge on any atom is 0.349 e. The zero-order valence-electron chi connectivity index (χ0n) is 17.3. The molecule has 1 aliphatic rings. The Hall–Kier alpha value is -3.15. The van der Waals surface area contributed by atoms with E-state index in [1.807, 2.05) is 41.2 Å². The Morgan fingerprint density at radius 3 is 2.67 bits per heavy atom. The number of carbonyl (C=O) groups excluding carboxylic acids is 1. The van der Waals surface area contributed by atoms with Gasteiger partial charge in [-0.3, -0.25) is 9.48 Å². The summed E-state index contributed by atoms with van der Waals surface area (Å²) in [6, 6.07) is 13.9. The van der Waals surface area contributed by atoms with E-state index < -0.39 is 5.63 Å². The van der Waals surface area contributed by atoms with Crippen molar-refractivity contribution in [3.05, 3.63) is 87.7 Å². The zero-order valence-corrected chi connectivity index (χ0v) is 17.3. The van der Waals surface area contributed by atoms with Gasteiger partial charge >= 0.3 is 5.63 Å². The van der Waals surface area contributed by atoms with Crippen LogP contribution in [0.1, 0.15) is 46.5 Å². The molecule has 0 radical (unpaired) electrons. The maximum absolute atomic E-state index is 12.7. The first-order chi connectivity index (χ1) is 14.5. The van der Waals surface area contributed by atoms with Crippen molar-refractivity contribution in [2.24, 2.45) is 5.41 Å². The summed E-state index contributed by atoms with van der Waals surface area (Å²) in [4.78, 5) is 25.2. The second kappa shape index (κ2) is 8.69. The molecule has 4 rings (SSSR count). The lowest BCUT2D eigenvalue weighted by molar-refractivity contribution is 0.0937. The van der Waals surface area contributed by atoms with E-state index in [-0.39, 0.29) is 16.9 Å². The van der Waals surface area contributed by atoms with Crippen molar-refractivity contribution >= 4 is 5.91 Å². The number of amides is 1. The van der Waals surface area contributed by atoms with Crippen LogP contribution in [-0.4, -0.2) is 22.2 Å². The van der Waals surface area contributed by atoms with E-state index in [0.717, 1.165) is 32.2 Å². The first-order valence-corrected chi connectivity index (χ1v) is 10.5. The fourth-order valence-corrected chi connectivity index (χ4v) is 3.84. The molecule has 1 aliphatic carbocycles. The van der Waals surface area contributed by atoms with Gasteiger partial charge in [-0.15, -0.1) is 0 Å². The summed E-state index contributed by atoms with van der Waals surface area (Å²) < 4.78 is 7.34. The van der Waals surface area contributed by atoms with Crippen LogP contribution in [0.25, 0.3) is 0 Å². The molecule has 0 atom stereocenters. The van der Waals surface area contributed by atoms with E-state index in [9.17, 15) is 9.59 Å². The average molecular weight is 405 g/mol. The molecule has 1 amide bonds. The molecule has 6 heteroatoms. The molecule has 6 nitrogen and oxygen atoms in total. The first kappa shape index (κ1) is 20.1. The second-order valence-corrected chi connectivity index (χ2v) is 8.28. The molecule has 1 fully saturated rings. The number of nitrogens with zero attached hydrogens (tertiary/aromatic N) is 2. The highest BCUT2D eigenvalue weighted by Gasteiger charge is 2.43. The third-order valence-electron chi connectivity index (χ3n) is 5.80. The smallest absolute Gasteiger partial charge is 0.349 e. The molecule has 2 heterocycles. The van der Waals surface area contributed by atoms with Crippen LogP contribution < -0.4 is 10.9 Å². The van der Waals surface area contributed by atoms with Crippen LogP contribution in [-0.2, 0) is 19.4 Å². The predicted molar refractivity (Wildman–Crippen MR) is 114 cm³/mol. The molecule has 156 valence electrons. The topological polar surface area (TPSA) is 77.1 Å². The van der Waals surface area contributed by atoms with E-state index >= 15 is 0 Å². The van der Waals surface area contributed by atoms with Gasteiger partial charge in [-0.2, -0.15) is 5.10 Å². The minimum Gasteiger partial charge on any atom is -0.427 e. The van der Waals surface area contributed by atoms with Gasteiger partial charge in [0.2, 0.25) is 0 Å². The van der Waals surface area contributed by atoms with Gasteiger partial charge in [-0.25, -0.2) is 4.79 Å². The third kappa shape index (κ3) is 4.87. The number of nitrogens with one attached hydrogen (secondary N) is 1. The SMILES string of the molecule is Cc1cc(CCCc2ccccc2)oc(=O)c1C(=O)NCC1(Cn2cccn2)CC1. The van der Waals surface area contributed by atoms with Gasteiger partial charge in [0.05, 0.1) is 0 Å². The summed E-state index contributed by atoms with van der Waals surface area (Å²) in [7, 11) is 0. The lowest BCUT2D eigenvalue weighted by Gasteiger charge is -2.16. The summed E-state index contributed by atoms with van der Waals surface area (Å²) in [5.74, 6) is 0.270. The van der Waals surface area contributed by atoms with Crippen LogP contribution in [0.3, 0.4) is 0 Å². The average Bonchev–Trinajstić information content (AvgIpc) is 3.29. The van der Waals surface area contributed by atoms with Crippen molar-refractivity contribution in [3.8, 4) is 0 Å². The quantitative estimate of drug-likeness (QED) is 0.591. The molecule has 0 aliphatic heterocycles. The van der Waals surface area contributed by atoms with E-state index in [1.165, 1.54) is 5.56 Å². The summed E-state index contributed by atoms with van der Waals surface area (Å²) >= 11 is 0. The lowest BCUT2D eigenvalue weighted by atomic mass is 10.0. The van der Waals surface area contributed by atoms with Gasteiger partial charge < -0.3 is 9.73 Å². The van der Waals surface area contributed by atoms with E-state index in [1.54, 1.807) is 13.1 Å². The van der Waals surface area contributed by atoms with Crippen LogP contribution in [0, 0.1) is 12.3 Å². The zero-order chi connectivity index (χ0) is 21.0. The fourth-order valence-electron chi connectivity index (χ4n) is 3.84. The number of benzene rings is 1. The molecular formula is C24H27N3O3. The van der Waals surface area contributed by atoms with Crippen LogP contribution in [0.4, 0.5) is 0 Å². The number of hydrogen-bond donors (Lipinski definition) is 1. The molecule has 0 spiro atoms. The van der Waals surface area contributed by atoms with Gasteiger partial charge in [0, 0.05) is 37.3 Å². The molecule has 30 heavy (non-hydrogen) atoms. The molecule has 1 saturated carbocycles. The summed E-state index contributed by atoms with van der Waals surface area (Å²) in [5.41, 5.74) is 1.51. The minimum atomic E-state index is -0.556. The molecule has 0 unspecified atom stereocenters. The van der Waals surface area contributed by atoms with Crippen LogP contribution in [0.15, 0.2) is 64.1 Å². The number of carbonyl (C=O) groups is 1.